The maximum absolute atomic E-state index is 11.4. The van der Waals surface area contributed by atoms with Crippen molar-refractivity contribution >= 4 is 11.6 Å². The summed E-state index contributed by atoms with van der Waals surface area (Å²) in [5.74, 6) is 5.79. The van der Waals surface area contributed by atoms with Crippen LogP contribution in [0.3, 0.4) is 0 Å². The number of morpholine rings is 1. The topological polar surface area (TPSA) is 68.4 Å². The van der Waals surface area contributed by atoms with Gasteiger partial charge in [0.05, 0.1) is 25.0 Å². The van der Waals surface area contributed by atoms with Crippen LogP contribution in [0.2, 0.25) is 0 Å². The van der Waals surface area contributed by atoms with E-state index in [1.165, 1.54) is 0 Å². The summed E-state index contributed by atoms with van der Waals surface area (Å²) in [5, 5.41) is 0. The molecule has 0 bridgehead atoms. The molecule has 1 aromatic heterocycles. The monoisotopic (exact) mass is 231 g/mol. The number of carbonyl (C=O) groups is 1. The number of nitrogens with two attached hydrogens (primary N) is 1. The Morgan fingerprint density at radius 3 is 3.12 bits per heavy atom. The van der Waals surface area contributed by atoms with E-state index in [1.807, 2.05) is 0 Å². The van der Waals surface area contributed by atoms with Crippen LogP contribution in [0.4, 0.5) is 5.69 Å². The van der Waals surface area contributed by atoms with Gasteiger partial charge in [-0.15, -0.1) is 0 Å². The highest BCUT2D eigenvalue weighted by Crippen LogP contribution is 2.00. The predicted octanol–water partition coefficient (Wildman–Crippen LogP) is -0.126. The van der Waals surface area contributed by atoms with E-state index in [-0.39, 0.29) is 12.5 Å². The zero-order chi connectivity index (χ0) is 12.1. The van der Waals surface area contributed by atoms with Gasteiger partial charge in [-0.05, 0) is 18.1 Å². The number of anilines is 1. The number of hydrogen-bond acceptors (Lipinski definition) is 4. The molecule has 2 N–H and O–H groups in total. The Morgan fingerprint density at radius 2 is 2.41 bits per heavy atom. The first-order valence-electron chi connectivity index (χ1n) is 5.31. The second kappa shape index (κ2) is 5.32. The number of nitrogens with zero attached hydrogens (tertiary/aromatic N) is 2. The smallest absolute Gasteiger partial charge is 0.249 e. The first-order chi connectivity index (χ1) is 8.25. The average Bonchev–Trinajstić information content (AvgIpc) is 2.34. The second-order valence-corrected chi connectivity index (χ2v) is 3.65. The van der Waals surface area contributed by atoms with Crippen molar-refractivity contribution in [3.8, 4) is 11.8 Å². The van der Waals surface area contributed by atoms with Crippen molar-refractivity contribution in [2.24, 2.45) is 0 Å². The second-order valence-electron chi connectivity index (χ2n) is 3.65. The van der Waals surface area contributed by atoms with E-state index in [9.17, 15) is 4.79 Å². The lowest BCUT2D eigenvalue weighted by Gasteiger charge is -2.24. The molecule has 0 unspecified atom stereocenters. The van der Waals surface area contributed by atoms with Crippen molar-refractivity contribution in [1.29, 1.82) is 0 Å². The largest absolute Gasteiger partial charge is 0.397 e. The third-order valence-electron chi connectivity index (χ3n) is 2.36. The van der Waals surface area contributed by atoms with Crippen LogP contribution in [-0.4, -0.2) is 42.1 Å². The lowest BCUT2D eigenvalue weighted by molar-refractivity contribution is -0.141. The Kier molecular flexibility index (Phi) is 3.58. The van der Waals surface area contributed by atoms with Gasteiger partial charge in [-0.2, -0.15) is 0 Å². The minimum absolute atomic E-state index is 0.0178. The van der Waals surface area contributed by atoms with Gasteiger partial charge in [0.25, 0.3) is 0 Å². The summed E-state index contributed by atoms with van der Waals surface area (Å²) >= 11 is 0. The quantitative estimate of drug-likeness (QED) is 0.684. The fourth-order valence-electron chi connectivity index (χ4n) is 1.42. The fourth-order valence-corrected chi connectivity index (χ4v) is 1.42. The molecule has 1 aromatic rings. The maximum Gasteiger partial charge on any atom is 0.249 e. The summed E-state index contributed by atoms with van der Waals surface area (Å²) in [6.07, 6.45) is 1.56. The normalized spacial score (nSPS) is 15.3. The van der Waals surface area contributed by atoms with Crippen molar-refractivity contribution in [2.75, 3.05) is 32.0 Å². The van der Waals surface area contributed by atoms with Crippen LogP contribution in [0.5, 0.6) is 0 Å². The van der Waals surface area contributed by atoms with Gasteiger partial charge >= 0.3 is 0 Å². The van der Waals surface area contributed by atoms with Gasteiger partial charge in [0.1, 0.15) is 12.3 Å². The maximum atomic E-state index is 11.4. The Bertz CT molecular complexity index is 459. The van der Waals surface area contributed by atoms with Crippen LogP contribution in [0.1, 0.15) is 5.69 Å². The fraction of sp³-hybridized carbons (Fsp3) is 0.333. The molecule has 0 aromatic carbocycles. The molecule has 2 rings (SSSR count). The molecule has 5 nitrogen and oxygen atoms in total. The molecule has 2 heterocycles. The summed E-state index contributed by atoms with van der Waals surface area (Å²) in [5.41, 5.74) is 6.78. The highest BCUT2D eigenvalue weighted by Gasteiger charge is 2.16. The first-order valence-corrected chi connectivity index (χ1v) is 5.31. The van der Waals surface area contributed by atoms with E-state index < -0.39 is 0 Å². The van der Waals surface area contributed by atoms with Crippen LogP contribution < -0.4 is 5.73 Å². The van der Waals surface area contributed by atoms with E-state index in [2.05, 4.69) is 16.8 Å². The van der Waals surface area contributed by atoms with E-state index in [0.29, 0.717) is 31.1 Å². The number of nitrogen functional groups attached to an aromatic ring is 1. The summed E-state index contributed by atoms with van der Waals surface area (Å²) in [7, 11) is 0. The highest BCUT2D eigenvalue weighted by atomic mass is 16.5. The summed E-state index contributed by atoms with van der Waals surface area (Å²) in [4.78, 5) is 17.1. The number of pyridine rings is 1. The molecule has 0 radical (unpaired) electrons. The van der Waals surface area contributed by atoms with Crippen LogP contribution in [0.15, 0.2) is 18.3 Å². The molecule has 1 amide bonds. The molecular weight excluding hydrogens is 218 g/mol. The number of amides is 1. The zero-order valence-electron chi connectivity index (χ0n) is 9.35. The Balaban J connectivity index is 1.93. The van der Waals surface area contributed by atoms with E-state index in [4.69, 9.17) is 10.5 Å². The van der Waals surface area contributed by atoms with Crippen LogP contribution in [0.25, 0.3) is 0 Å². The average molecular weight is 231 g/mol. The van der Waals surface area contributed by atoms with Gasteiger partial charge in [-0.25, -0.2) is 4.98 Å². The third kappa shape index (κ3) is 3.20. The summed E-state index contributed by atoms with van der Waals surface area (Å²) < 4.78 is 5.02. The summed E-state index contributed by atoms with van der Waals surface area (Å²) in [6, 6.07) is 3.50. The predicted molar refractivity (Wildman–Crippen MR) is 62.9 cm³/mol. The molecule has 0 aliphatic carbocycles. The van der Waals surface area contributed by atoms with Gasteiger partial charge in [-0.1, -0.05) is 5.92 Å². The minimum Gasteiger partial charge on any atom is -0.397 e. The molecule has 1 aliphatic heterocycles. The standard InChI is InChI=1S/C12H13N3O2/c13-10-3-4-11(14-8-10)2-1-5-15-6-7-17-9-12(15)16/h3-4,8H,5-7,9,13H2. The number of carbonyl (C=O) groups excluding carboxylic acids is 1. The molecule has 0 atom stereocenters. The Hall–Kier alpha value is -2.06. The van der Waals surface area contributed by atoms with E-state index >= 15 is 0 Å². The Labute approximate surface area is 99.6 Å². The van der Waals surface area contributed by atoms with Crippen LogP contribution in [0, 0.1) is 11.8 Å². The van der Waals surface area contributed by atoms with Crippen molar-refractivity contribution in [2.45, 2.75) is 0 Å². The SMILES string of the molecule is Nc1ccc(C#CCN2CCOCC2=O)nc1. The van der Waals surface area contributed by atoms with Crippen molar-refractivity contribution in [1.82, 2.24) is 9.88 Å². The third-order valence-corrected chi connectivity index (χ3v) is 2.36. The Morgan fingerprint density at radius 1 is 1.53 bits per heavy atom. The van der Waals surface area contributed by atoms with Gasteiger partial charge in [0.2, 0.25) is 5.91 Å². The van der Waals surface area contributed by atoms with Crippen molar-refractivity contribution < 1.29 is 9.53 Å². The lowest BCUT2D eigenvalue weighted by atomic mass is 10.3. The first kappa shape index (κ1) is 11.4. The van der Waals surface area contributed by atoms with Gasteiger partial charge in [-0.3, -0.25) is 4.79 Å². The van der Waals surface area contributed by atoms with E-state index in [1.54, 1.807) is 23.2 Å². The van der Waals surface area contributed by atoms with Gasteiger partial charge < -0.3 is 15.4 Å². The number of aromatic nitrogens is 1. The molecule has 1 aliphatic rings. The van der Waals surface area contributed by atoms with Crippen LogP contribution >= 0.6 is 0 Å². The van der Waals surface area contributed by atoms with Crippen molar-refractivity contribution in [3.63, 3.8) is 0 Å². The number of hydrogen-bond donors (Lipinski definition) is 1. The number of ether oxygens (including phenoxy) is 1. The molecule has 17 heavy (non-hydrogen) atoms. The summed E-state index contributed by atoms with van der Waals surface area (Å²) in [6.45, 7) is 1.74. The zero-order valence-corrected chi connectivity index (χ0v) is 9.35. The minimum atomic E-state index is -0.0178. The molecule has 1 fully saturated rings. The molecule has 0 spiro atoms. The molecule has 1 saturated heterocycles. The lowest BCUT2D eigenvalue weighted by Crippen LogP contribution is -2.41. The van der Waals surface area contributed by atoms with Crippen LogP contribution in [-0.2, 0) is 9.53 Å². The molecule has 88 valence electrons. The van der Waals surface area contributed by atoms with Gasteiger partial charge in [0.15, 0.2) is 0 Å². The molecular formula is C12H13N3O2. The van der Waals surface area contributed by atoms with Crippen molar-refractivity contribution in [3.05, 3.63) is 24.0 Å². The van der Waals surface area contributed by atoms with Gasteiger partial charge in [0, 0.05) is 6.54 Å². The van der Waals surface area contributed by atoms with E-state index in [0.717, 1.165) is 0 Å². The molecule has 0 saturated carbocycles. The molecule has 5 heteroatoms. The highest BCUT2D eigenvalue weighted by molar-refractivity contribution is 5.78. The number of rotatable bonds is 1.